The number of hydrogen-bond acceptors (Lipinski definition) is 4. The van der Waals surface area contributed by atoms with Crippen molar-refractivity contribution in [2.45, 2.75) is 24.2 Å². The second-order valence-electron chi connectivity index (χ2n) is 4.64. The number of Topliss-reactive ketones (excluding diaryl/α,β-unsaturated/α-hetero) is 1. The number of ketones is 1. The van der Waals surface area contributed by atoms with Crippen LogP contribution in [0.5, 0.6) is 0 Å². The molecule has 104 valence electrons. The van der Waals surface area contributed by atoms with E-state index >= 15 is 0 Å². The van der Waals surface area contributed by atoms with Gasteiger partial charge in [-0.1, -0.05) is 12.1 Å². The van der Waals surface area contributed by atoms with Crippen molar-refractivity contribution in [3.05, 3.63) is 29.8 Å². The summed E-state index contributed by atoms with van der Waals surface area (Å²) in [7, 11) is -3.55. The van der Waals surface area contributed by atoms with Crippen molar-refractivity contribution in [3.8, 4) is 0 Å². The fourth-order valence-electron chi connectivity index (χ4n) is 1.75. The number of carbonyl (C=O) groups is 1. The Bertz CT molecular complexity index is 547. The van der Waals surface area contributed by atoms with Gasteiger partial charge in [0.1, 0.15) is 0 Å². The Morgan fingerprint density at radius 1 is 1.26 bits per heavy atom. The molecule has 0 spiro atoms. The lowest BCUT2D eigenvalue weighted by atomic mass is 10.1. The Hall–Kier alpha value is -1.24. The van der Waals surface area contributed by atoms with Crippen LogP contribution in [0.15, 0.2) is 29.2 Å². The monoisotopic (exact) mass is 283 g/mol. The van der Waals surface area contributed by atoms with Crippen molar-refractivity contribution < 1.29 is 18.3 Å². The van der Waals surface area contributed by atoms with E-state index in [1.54, 1.807) is 12.1 Å². The van der Waals surface area contributed by atoms with Crippen molar-refractivity contribution in [2.24, 2.45) is 5.92 Å². The Morgan fingerprint density at radius 3 is 2.42 bits per heavy atom. The molecule has 5 nitrogen and oxygen atoms in total. The summed E-state index contributed by atoms with van der Waals surface area (Å²) in [5, 5.41) is 8.62. The Labute approximate surface area is 112 Å². The molecule has 1 aliphatic rings. The van der Waals surface area contributed by atoms with Crippen molar-refractivity contribution in [2.75, 3.05) is 13.2 Å². The summed E-state index contributed by atoms with van der Waals surface area (Å²) in [5.74, 6) is 0.224. The van der Waals surface area contributed by atoms with Gasteiger partial charge in [-0.25, -0.2) is 13.1 Å². The molecule has 19 heavy (non-hydrogen) atoms. The van der Waals surface area contributed by atoms with E-state index < -0.39 is 10.0 Å². The second-order valence-corrected chi connectivity index (χ2v) is 6.40. The number of aliphatic hydroxyl groups excluding tert-OH is 1. The van der Waals surface area contributed by atoms with Gasteiger partial charge >= 0.3 is 0 Å². The second kappa shape index (κ2) is 5.81. The molecule has 0 atom stereocenters. The van der Waals surface area contributed by atoms with Crippen LogP contribution in [0, 0.1) is 5.92 Å². The van der Waals surface area contributed by atoms with Crippen LogP contribution in [0.2, 0.25) is 0 Å². The van der Waals surface area contributed by atoms with E-state index in [1.165, 1.54) is 12.1 Å². The van der Waals surface area contributed by atoms with Gasteiger partial charge < -0.3 is 5.11 Å². The van der Waals surface area contributed by atoms with Gasteiger partial charge in [0.25, 0.3) is 0 Å². The molecule has 0 heterocycles. The molecule has 0 aromatic heterocycles. The fourth-order valence-corrected chi connectivity index (χ4v) is 2.82. The number of carbonyl (C=O) groups excluding carboxylic acids is 1. The minimum Gasteiger partial charge on any atom is -0.396 e. The van der Waals surface area contributed by atoms with Crippen molar-refractivity contribution >= 4 is 15.8 Å². The van der Waals surface area contributed by atoms with Crippen molar-refractivity contribution in [1.82, 2.24) is 4.72 Å². The third-order valence-electron chi connectivity index (χ3n) is 3.02. The van der Waals surface area contributed by atoms with Crippen molar-refractivity contribution in [1.29, 1.82) is 0 Å². The highest BCUT2D eigenvalue weighted by Crippen LogP contribution is 2.32. The summed E-state index contributed by atoms with van der Waals surface area (Å²) in [6, 6.07) is 6.00. The van der Waals surface area contributed by atoms with Crippen LogP contribution in [0.1, 0.15) is 29.6 Å². The first kappa shape index (κ1) is 14.2. The lowest BCUT2D eigenvalue weighted by Gasteiger charge is -2.06. The van der Waals surface area contributed by atoms with Gasteiger partial charge in [-0.15, -0.1) is 0 Å². The third kappa shape index (κ3) is 3.62. The summed E-state index contributed by atoms with van der Waals surface area (Å²) >= 11 is 0. The number of aliphatic hydroxyl groups is 1. The van der Waals surface area contributed by atoms with E-state index in [9.17, 15) is 13.2 Å². The van der Waals surface area contributed by atoms with Gasteiger partial charge in [-0.3, -0.25) is 4.79 Å². The molecule has 0 unspecified atom stereocenters. The maximum Gasteiger partial charge on any atom is 0.240 e. The zero-order valence-corrected chi connectivity index (χ0v) is 11.3. The van der Waals surface area contributed by atoms with Crippen LogP contribution < -0.4 is 4.72 Å². The van der Waals surface area contributed by atoms with Gasteiger partial charge in [-0.05, 0) is 31.4 Å². The van der Waals surface area contributed by atoms with Gasteiger partial charge in [-0.2, -0.15) is 0 Å². The smallest absolute Gasteiger partial charge is 0.240 e. The summed E-state index contributed by atoms with van der Waals surface area (Å²) in [6.45, 7) is 0.138. The number of hydrogen-bond donors (Lipinski definition) is 2. The first-order chi connectivity index (χ1) is 9.04. The van der Waals surface area contributed by atoms with Gasteiger partial charge in [0.05, 0.1) is 4.90 Å². The lowest BCUT2D eigenvalue weighted by Crippen LogP contribution is -2.25. The van der Waals surface area contributed by atoms with Crippen molar-refractivity contribution in [3.63, 3.8) is 0 Å². The predicted octanol–water partition coefficient (Wildman–Crippen LogP) is 0.940. The topological polar surface area (TPSA) is 83.5 Å². The fraction of sp³-hybridized carbons (Fsp3) is 0.462. The van der Waals surface area contributed by atoms with Crippen LogP contribution in [0.25, 0.3) is 0 Å². The first-order valence-corrected chi connectivity index (χ1v) is 7.78. The molecule has 0 amide bonds. The van der Waals surface area contributed by atoms with Gasteiger partial charge in [0, 0.05) is 24.6 Å². The van der Waals surface area contributed by atoms with E-state index in [0.717, 1.165) is 12.8 Å². The molecule has 6 heteroatoms. The van der Waals surface area contributed by atoms with E-state index in [1.807, 2.05) is 0 Å². The minimum absolute atomic E-state index is 0.0582. The molecule has 1 fully saturated rings. The Balaban J connectivity index is 2.06. The average Bonchev–Trinajstić information content (AvgIpc) is 3.22. The summed E-state index contributed by atoms with van der Waals surface area (Å²) < 4.78 is 26.1. The molecule has 0 aliphatic heterocycles. The standard InChI is InChI=1S/C13H17NO4S/c15-9-1-8-14-19(17,18)12-6-4-11(5-7-12)13(16)10-2-3-10/h4-7,10,14-15H,1-3,8-9H2. The third-order valence-corrected chi connectivity index (χ3v) is 4.50. The first-order valence-electron chi connectivity index (χ1n) is 6.29. The van der Waals surface area contributed by atoms with Gasteiger partial charge in [0.2, 0.25) is 10.0 Å². The Morgan fingerprint density at radius 2 is 1.89 bits per heavy atom. The zero-order valence-electron chi connectivity index (χ0n) is 10.5. The molecule has 0 bridgehead atoms. The predicted molar refractivity (Wildman–Crippen MR) is 70.4 cm³/mol. The Kier molecular flexibility index (Phi) is 4.34. The van der Waals surface area contributed by atoms with Crippen LogP contribution >= 0.6 is 0 Å². The average molecular weight is 283 g/mol. The van der Waals surface area contributed by atoms with Crippen LogP contribution in [0.3, 0.4) is 0 Å². The maximum absolute atomic E-state index is 11.9. The molecule has 0 saturated heterocycles. The highest BCUT2D eigenvalue weighted by atomic mass is 32.2. The number of rotatable bonds is 7. The van der Waals surface area contributed by atoms with E-state index in [4.69, 9.17) is 5.11 Å². The van der Waals surface area contributed by atoms with E-state index in [-0.39, 0.29) is 29.7 Å². The van der Waals surface area contributed by atoms with Crippen LogP contribution in [-0.2, 0) is 10.0 Å². The highest BCUT2D eigenvalue weighted by Gasteiger charge is 2.30. The molecular weight excluding hydrogens is 266 g/mol. The van der Waals surface area contributed by atoms with E-state index in [0.29, 0.717) is 12.0 Å². The molecule has 0 radical (unpaired) electrons. The quantitative estimate of drug-likeness (QED) is 0.576. The molecule has 2 N–H and O–H groups in total. The van der Waals surface area contributed by atoms with Crippen LogP contribution in [-0.4, -0.2) is 32.5 Å². The van der Waals surface area contributed by atoms with Gasteiger partial charge in [0.15, 0.2) is 5.78 Å². The molecule has 2 rings (SSSR count). The summed E-state index contributed by atoms with van der Waals surface area (Å²) in [6.07, 6.45) is 2.24. The molecular formula is C13H17NO4S. The molecule has 1 aromatic carbocycles. The SMILES string of the molecule is O=C(c1ccc(S(=O)(=O)NCCCO)cc1)C1CC1. The summed E-state index contributed by atoms with van der Waals surface area (Å²) in [5.41, 5.74) is 0.566. The maximum atomic E-state index is 11.9. The van der Waals surface area contributed by atoms with E-state index in [2.05, 4.69) is 4.72 Å². The number of benzene rings is 1. The largest absolute Gasteiger partial charge is 0.396 e. The normalized spacial score (nSPS) is 15.4. The highest BCUT2D eigenvalue weighted by molar-refractivity contribution is 7.89. The summed E-state index contributed by atoms with van der Waals surface area (Å²) in [4.78, 5) is 11.9. The molecule has 1 saturated carbocycles. The van der Waals surface area contributed by atoms with Crippen LogP contribution in [0.4, 0.5) is 0 Å². The molecule has 1 aromatic rings. The number of sulfonamides is 1. The minimum atomic E-state index is -3.55. The molecule has 1 aliphatic carbocycles. The lowest BCUT2D eigenvalue weighted by molar-refractivity contribution is 0.0967. The number of nitrogens with one attached hydrogen (secondary N) is 1. The zero-order chi connectivity index (χ0) is 13.9.